The second kappa shape index (κ2) is 5.26. The topological polar surface area (TPSA) is 75.3 Å². The molecule has 0 saturated heterocycles. The second-order valence-corrected chi connectivity index (χ2v) is 3.80. The summed E-state index contributed by atoms with van der Waals surface area (Å²) in [6.45, 7) is 0.770. The van der Waals surface area contributed by atoms with Crippen LogP contribution in [0.5, 0.6) is 0 Å². The molecular weight excluding hydrogens is 249 g/mol. The van der Waals surface area contributed by atoms with Gasteiger partial charge in [-0.15, -0.1) is 0 Å². The van der Waals surface area contributed by atoms with Crippen molar-refractivity contribution in [2.45, 2.75) is 19.2 Å². The van der Waals surface area contributed by atoms with Crippen molar-refractivity contribution in [2.75, 3.05) is 12.3 Å². The van der Waals surface area contributed by atoms with Gasteiger partial charge in [0.15, 0.2) is 6.10 Å². The Hall–Kier alpha value is -1.76. The van der Waals surface area contributed by atoms with Crippen LogP contribution in [0.3, 0.4) is 0 Å². The highest BCUT2D eigenvalue weighted by atomic mass is 19.4. The van der Waals surface area contributed by atoms with Gasteiger partial charge in [-0.05, 0) is 18.6 Å². The molecule has 0 aliphatic rings. The predicted octanol–water partition coefficient (Wildman–Crippen LogP) is 1.23. The number of carbonyl (C=O) groups excluding carboxylic acids is 1. The van der Waals surface area contributed by atoms with Crippen LogP contribution in [0.2, 0.25) is 0 Å². The Morgan fingerprint density at radius 1 is 1.50 bits per heavy atom. The number of hydrogen-bond acceptors (Lipinski definition) is 3. The van der Waals surface area contributed by atoms with Crippen molar-refractivity contribution in [3.63, 3.8) is 0 Å². The normalized spacial score (nSPS) is 13.2. The van der Waals surface area contributed by atoms with Crippen molar-refractivity contribution < 1.29 is 23.1 Å². The molecule has 4 nitrogen and oxygen atoms in total. The van der Waals surface area contributed by atoms with E-state index in [1.54, 1.807) is 19.1 Å². The predicted molar refractivity (Wildman–Crippen MR) is 60.0 cm³/mol. The van der Waals surface area contributed by atoms with Crippen LogP contribution in [-0.4, -0.2) is 29.8 Å². The summed E-state index contributed by atoms with van der Waals surface area (Å²) < 4.78 is 36.1. The van der Waals surface area contributed by atoms with E-state index in [0.717, 1.165) is 0 Å². The zero-order chi connectivity index (χ0) is 13.9. The van der Waals surface area contributed by atoms with Crippen molar-refractivity contribution in [1.82, 2.24) is 5.32 Å². The summed E-state index contributed by atoms with van der Waals surface area (Å²) in [6.07, 6.45) is -7.35. The van der Waals surface area contributed by atoms with Crippen molar-refractivity contribution in [2.24, 2.45) is 0 Å². The van der Waals surface area contributed by atoms with Crippen LogP contribution in [0, 0.1) is 6.92 Å². The summed E-state index contributed by atoms with van der Waals surface area (Å²) >= 11 is 0. The minimum Gasteiger partial charge on any atom is -0.398 e. The van der Waals surface area contributed by atoms with Gasteiger partial charge in [0.2, 0.25) is 0 Å². The Morgan fingerprint density at radius 3 is 2.67 bits per heavy atom. The molecule has 1 atom stereocenters. The number of aliphatic hydroxyl groups excluding tert-OH is 1. The summed E-state index contributed by atoms with van der Waals surface area (Å²) in [5.74, 6) is -0.750. The molecule has 1 unspecified atom stereocenters. The molecule has 0 aromatic heterocycles. The highest BCUT2D eigenvalue weighted by Gasteiger charge is 2.38. The maximum atomic E-state index is 12.0. The minimum atomic E-state index is -4.76. The van der Waals surface area contributed by atoms with E-state index in [1.165, 1.54) is 6.07 Å². The fourth-order valence-electron chi connectivity index (χ4n) is 1.28. The van der Waals surface area contributed by atoms with Gasteiger partial charge in [0.25, 0.3) is 5.91 Å². The molecule has 0 saturated carbocycles. The fourth-order valence-corrected chi connectivity index (χ4v) is 1.28. The van der Waals surface area contributed by atoms with Crippen LogP contribution in [0.4, 0.5) is 18.9 Å². The first-order valence-electron chi connectivity index (χ1n) is 5.11. The largest absolute Gasteiger partial charge is 0.416 e. The van der Waals surface area contributed by atoms with E-state index >= 15 is 0 Å². The van der Waals surface area contributed by atoms with Crippen molar-refractivity contribution in [3.05, 3.63) is 29.3 Å². The molecule has 0 aliphatic heterocycles. The van der Waals surface area contributed by atoms with Crippen LogP contribution >= 0.6 is 0 Å². The molecule has 18 heavy (non-hydrogen) atoms. The highest BCUT2D eigenvalue weighted by Crippen LogP contribution is 2.20. The first-order chi connectivity index (χ1) is 8.23. The molecule has 100 valence electrons. The quantitative estimate of drug-likeness (QED) is 0.717. The number of carbonyl (C=O) groups is 1. The maximum Gasteiger partial charge on any atom is 0.416 e. The third-order valence-electron chi connectivity index (χ3n) is 2.40. The SMILES string of the molecule is Cc1cccc(C(=O)NCC(O)C(F)(F)F)c1N. The van der Waals surface area contributed by atoms with E-state index < -0.39 is 24.7 Å². The first kappa shape index (κ1) is 14.3. The maximum absolute atomic E-state index is 12.0. The third-order valence-corrected chi connectivity index (χ3v) is 2.40. The lowest BCUT2D eigenvalue weighted by molar-refractivity contribution is -0.201. The van der Waals surface area contributed by atoms with E-state index in [9.17, 15) is 18.0 Å². The number of amides is 1. The second-order valence-electron chi connectivity index (χ2n) is 3.80. The van der Waals surface area contributed by atoms with Crippen LogP contribution < -0.4 is 11.1 Å². The number of para-hydroxylation sites is 1. The lowest BCUT2D eigenvalue weighted by atomic mass is 10.1. The molecule has 1 amide bonds. The number of rotatable bonds is 3. The number of aliphatic hydroxyl groups is 1. The van der Waals surface area contributed by atoms with Gasteiger partial charge in [-0.3, -0.25) is 4.79 Å². The average Bonchev–Trinajstić information content (AvgIpc) is 2.27. The smallest absolute Gasteiger partial charge is 0.398 e. The molecule has 0 fully saturated rings. The lowest BCUT2D eigenvalue weighted by Crippen LogP contribution is -2.40. The van der Waals surface area contributed by atoms with E-state index in [0.29, 0.717) is 5.56 Å². The fraction of sp³-hybridized carbons (Fsp3) is 0.364. The number of aryl methyl sites for hydroxylation is 1. The molecule has 4 N–H and O–H groups in total. The Bertz CT molecular complexity index is 446. The van der Waals surface area contributed by atoms with Gasteiger partial charge in [-0.2, -0.15) is 13.2 Å². The van der Waals surface area contributed by atoms with Crippen LogP contribution in [0.1, 0.15) is 15.9 Å². The van der Waals surface area contributed by atoms with Gasteiger partial charge in [0.05, 0.1) is 12.1 Å². The zero-order valence-corrected chi connectivity index (χ0v) is 9.58. The Morgan fingerprint density at radius 2 is 2.11 bits per heavy atom. The summed E-state index contributed by atoms with van der Waals surface area (Å²) in [4.78, 5) is 11.6. The number of nitrogen functional groups attached to an aromatic ring is 1. The molecule has 0 aliphatic carbocycles. The van der Waals surface area contributed by atoms with Gasteiger partial charge >= 0.3 is 6.18 Å². The van der Waals surface area contributed by atoms with Crippen LogP contribution in [0.15, 0.2) is 18.2 Å². The van der Waals surface area contributed by atoms with Gasteiger partial charge in [-0.1, -0.05) is 12.1 Å². The van der Waals surface area contributed by atoms with Gasteiger partial charge in [0, 0.05) is 5.69 Å². The lowest BCUT2D eigenvalue weighted by Gasteiger charge is -2.15. The van der Waals surface area contributed by atoms with E-state index in [2.05, 4.69) is 0 Å². The van der Waals surface area contributed by atoms with Crippen LogP contribution in [-0.2, 0) is 0 Å². The van der Waals surface area contributed by atoms with Crippen LogP contribution in [0.25, 0.3) is 0 Å². The number of alkyl halides is 3. The van der Waals surface area contributed by atoms with E-state index in [1.807, 2.05) is 5.32 Å². The summed E-state index contributed by atoms with van der Waals surface area (Å²) in [6, 6.07) is 4.65. The first-order valence-corrected chi connectivity index (χ1v) is 5.11. The number of benzene rings is 1. The summed E-state index contributed by atoms with van der Waals surface area (Å²) in [7, 11) is 0. The molecule has 0 radical (unpaired) electrons. The highest BCUT2D eigenvalue weighted by molar-refractivity contribution is 5.99. The van der Waals surface area contributed by atoms with Crippen molar-refractivity contribution >= 4 is 11.6 Å². The minimum absolute atomic E-state index is 0.0874. The standard InChI is InChI=1S/C11H13F3N2O2/c1-6-3-2-4-7(9(6)15)10(18)16-5-8(17)11(12,13)14/h2-4,8,17H,5,15H2,1H3,(H,16,18). The van der Waals surface area contributed by atoms with E-state index in [4.69, 9.17) is 10.8 Å². The molecule has 1 aromatic rings. The summed E-state index contributed by atoms with van der Waals surface area (Å²) in [5.41, 5.74) is 6.57. The van der Waals surface area contributed by atoms with Crippen molar-refractivity contribution in [1.29, 1.82) is 0 Å². The number of halogens is 3. The molecule has 0 bridgehead atoms. The number of anilines is 1. The Kier molecular flexibility index (Phi) is 4.18. The van der Waals surface area contributed by atoms with Crippen molar-refractivity contribution in [3.8, 4) is 0 Å². The summed E-state index contributed by atoms with van der Waals surface area (Å²) in [5, 5.41) is 10.7. The molecule has 0 spiro atoms. The molecular formula is C11H13F3N2O2. The monoisotopic (exact) mass is 262 g/mol. The van der Waals surface area contributed by atoms with E-state index in [-0.39, 0.29) is 11.3 Å². The molecule has 0 heterocycles. The number of nitrogens with two attached hydrogens (primary N) is 1. The van der Waals surface area contributed by atoms with Gasteiger partial charge in [-0.25, -0.2) is 0 Å². The average molecular weight is 262 g/mol. The molecule has 1 rings (SSSR count). The van der Waals surface area contributed by atoms with Gasteiger partial charge < -0.3 is 16.2 Å². The zero-order valence-electron chi connectivity index (χ0n) is 9.58. The molecule has 1 aromatic carbocycles. The molecule has 7 heteroatoms. The van der Waals surface area contributed by atoms with Gasteiger partial charge in [0.1, 0.15) is 0 Å². The Balaban J connectivity index is 2.70. The number of hydrogen-bond donors (Lipinski definition) is 3. The number of nitrogens with one attached hydrogen (secondary N) is 1. The third kappa shape index (κ3) is 3.36. The Labute approximate surface area is 102 Å².